The molecule has 30 heavy (non-hydrogen) atoms. The van der Waals surface area contributed by atoms with Gasteiger partial charge in [0, 0.05) is 47.5 Å². The van der Waals surface area contributed by atoms with Crippen molar-refractivity contribution in [2.45, 2.75) is 33.9 Å². The van der Waals surface area contributed by atoms with E-state index >= 15 is 0 Å². The summed E-state index contributed by atoms with van der Waals surface area (Å²) in [5.74, 6) is 0. The first kappa shape index (κ1) is 12.9. The molecule has 2 aromatic carbocycles. The Labute approximate surface area is 204 Å². The number of rotatable bonds is 4. The monoisotopic (exact) mass is 582 g/mol. The molecule has 0 atom stereocenters. The SMILES string of the molecule is [2H]C([2H])([2H])c1cnc(-c2[c-]c(Cc3[c-]c(-c4ncc(C([2H])([2H])[2H])nc4C([2H])([2H])[2H])ccc3)ccc2)c(C)n1.[Pt+2]. The summed E-state index contributed by atoms with van der Waals surface area (Å²) in [5.41, 5.74) is 2.69. The van der Waals surface area contributed by atoms with Crippen molar-refractivity contribution in [3.63, 3.8) is 0 Å². The molecule has 0 aliphatic rings. The molecule has 0 aliphatic heterocycles. The second-order valence-corrected chi connectivity index (χ2v) is 6.50. The third kappa shape index (κ3) is 4.88. The van der Waals surface area contributed by atoms with Crippen LogP contribution in [0.2, 0.25) is 0 Å². The van der Waals surface area contributed by atoms with Gasteiger partial charge in [-0.3, -0.25) is 9.97 Å². The van der Waals surface area contributed by atoms with Crippen LogP contribution in [0.3, 0.4) is 0 Å². The Balaban J connectivity index is 0.00000420. The maximum Gasteiger partial charge on any atom is 2.00 e. The molecule has 4 aromatic rings. The summed E-state index contributed by atoms with van der Waals surface area (Å²) in [6.07, 6.45) is 2.70. The number of aromatic nitrogens is 4. The minimum absolute atomic E-state index is 0. The van der Waals surface area contributed by atoms with Crippen molar-refractivity contribution in [3.8, 4) is 22.5 Å². The molecule has 0 fully saturated rings. The predicted molar refractivity (Wildman–Crippen MR) is 114 cm³/mol. The van der Waals surface area contributed by atoms with E-state index in [9.17, 15) is 0 Å². The molecular weight excluding hydrogens is 551 g/mol. The van der Waals surface area contributed by atoms with Gasteiger partial charge in [-0.1, -0.05) is 0 Å². The van der Waals surface area contributed by atoms with E-state index in [0.29, 0.717) is 28.9 Å². The van der Waals surface area contributed by atoms with E-state index in [1.165, 1.54) is 6.20 Å². The molecular formula is C25H22N4Pt. The average Bonchev–Trinajstić information content (AvgIpc) is 2.82. The van der Waals surface area contributed by atoms with Gasteiger partial charge < -0.3 is 9.97 Å². The zero-order valence-electron chi connectivity index (χ0n) is 24.9. The molecule has 4 nitrogen and oxygen atoms in total. The zero-order valence-corrected chi connectivity index (χ0v) is 18.2. The molecule has 0 amide bonds. The number of hydrogen-bond acceptors (Lipinski definition) is 4. The van der Waals surface area contributed by atoms with E-state index in [1.807, 2.05) is 18.2 Å². The van der Waals surface area contributed by atoms with Crippen LogP contribution in [0.1, 0.15) is 46.2 Å². The normalized spacial score (nSPS) is 16.2. The first-order chi connectivity index (χ1) is 17.6. The maximum absolute atomic E-state index is 7.85. The molecule has 0 aliphatic carbocycles. The molecule has 0 spiro atoms. The van der Waals surface area contributed by atoms with E-state index < -0.39 is 26.2 Å². The second-order valence-electron chi connectivity index (χ2n) is 6.50. The molecule has 0 saturated carbocycles. The van der Waals surface area contributed by atoms with Gasteiger partial charge in [0.25, 0.3) is 0 Å². The number of benzene rings is 2. The van der Waals surface area contributed by atoms with Crippen LogP contribution in [0.4, 0.5) is 0 Å². The Morgan fingerprint density at radius 1 is 0.767 bits per heavy atom. The van der Waals surface area contributed by atoms with Gasteiger partial charge in [0.2, 0.25) is 0 Å². The van der Waals surface area contributed by atoms with Crippen LogP contribution in [-0.4, -0.2) is 19.9 Å². The quantitative estimate of drug-likeness (QED) is 0.317. The van der Waals surface area contributed by atoms with Crippen LogP contribution in [0.15, 0.2) is 48.8 Å². The van der Waals surface area contributed by atoms with Crippen molar-refractivity contribution in [3.05, 3.63) is 94.8 Å². The Kier molecular flexibility index (Phi) is 4.03. The Hall–Kier alpha value is -2.71. The van der Waals surface area contributed by atoms with Crippen LogP contribution >= 0.6 is 0 Å². The Bertz CT molecular complexity index is 1480. The molecule has 5 heteroatoms. The van der Waals surface area contributed by atoms with Gasteiger partial charge in [-0.25, -0.2) is 0 Å². The van der Waals surface area contributed by atoms with E-state index in [2.05, 4.69) is 32.1 Å². The van der Waals surface area contributed by atoms with Gasteiger partial charge >= 0.3 is 21.1 Å². The fourth-order valence-electron chi connectivity index (χ4n) is 3.05. The topological polar surface area (TPSA) is 51.6 Å². The van der Waals surface area contributed by atoms with Gasteiger partial charge in [-0.05, 0) is 33.9 Å². The second kappa shape index (κ2) is 9.40. The molecule has 0 unspecified atom stereocenters. The smallest absolute Gasteiger partial charge is 0.301 e. The summed E-state index contributed by atoms with van der Waals surface area (Å²) in [4.78, 5) is 16.5. The molecule has 152 valence electrons. The van der Waals surface area contributed by atoms with E-state index in [-0.39, 0.29) is 38.1 Å². The van der Waals surface area contributed by atoms with Crippen molar-refractivity contribution in [2.75, 3.05) is 0 Å². The van der Waals surface area contributed by atoms with Crippen LogP contribution in [0, 0.1) is 39.6 Å². The minimum Gasteiger partial charge on any atom is -0.301 e. The fraction of sp³-hybridized carbons (Fsp3) is 0.200. The fourth-order valence-corrected chi connectivity index (χ4v) is 3.05. The van der Waals surface area contributed by atoms with Crippen LogP contribution < -0.4 is 0 Å². The zero-order chi connectivity index (χ0) is 27.9. The largest absolute Gasteiger partial charge is 2.00 e. The minimum atomic E-state index is -2.68. The van der Waals surface area contributed by atoms with Crippen LogP contribution in [-0.2, 0) is 27.5 Å². The Morgan fingerprint density at radius 3 is 1.80 bits per heavy atom. The molecule has 2 heterocycles. The molecule has 0 saturated heterocycles. The van der Waals surface area contributed by atoms with Gasteiger partial charge in [-0.2, -0.15) is 0 Å². The van der Waals surface area contributed by atoms with Crippen LogP contribution in [0.25, 0.3) is 22.5 Å². The summed E-state index contributed by atoms with van der Waals surface area (Å²) in [6.45, 7) is -5.92. The maximum atomic E-state index is 7.85. The summed E-state index contributed by atoms with van der Waals surface area (Å²) in [7, 11) is 0. The number of aryl methyl sites for hydroxylation is 4. The standard InChI is InChI=1S/C25H22N4.Pt/c1-16-14-26-24(18(3)28-16)22-9-5-7-20(12-22)11-21-8-6-10-23(13-21)25-19(4)29-17(2)15-27-25;/h5-10,14-15H,11H2,1-4H3;/q-2;+2/i1D3,2D3,3D3;. The van der Waals surface area contributed by atoms with Crippen molar-refractivity contribution < 1.29 is 33.4 Å². The van der Waals surface area contributed by atoms with E-state index in [4.69, 9.17) is 12.3 Å². The molecule has 4 rings (SSSR count). The first-order valence-corrected chi connectivity index (χ1v) is 8.88. The third-order valence-electron chi connectivity index (χ3n) is 4.32. The van der Waals surface area contributed by atoms with E-state index in [0.717, 1.165) is 17.3 Å². The summed E-state index contributed by atoms with van der Waals surface area (Å²) in [5, 5.41) is 0. The van der Waals surface area contributed by atoms with Gasteiger partial charge in [0.05, 0.1) is 11.4 Å². The first-order valence-electron chi connectivity index (χ1n) is 13.4. The van der Waals surface area contributed by atoms with E-state index in [1.54, 1.807) is 25.1 Å². The van der Waals surface area contributed by atoms with Gasteiger partial charge in [0.15, 0.2) is 0 Å². The summed E-state index contributed by atoms with van der Waals surface area (Å²) in [6, 6.07) is 17.1. The Morgan fingerprint density at radius 2 is 1.30 bits per heavy atom. The van der Waals surface area contributed by atoms with Crippen molar-refractivity contribution in [2.24, 2.45) is 0 Å². The van der Waals surface area contributed by atoms with Crippen LogP contribution in [0.5, 0.6) is 0 Å². The molecule has 0 N–H and O–H groups in total. The third-order valence-corrected chi connectivity index (χ3v) is 4.32. The summed E-state index contributed by atoms with van der Waals surface area (Å²) < 4.78 is 68.8. The van der Waals surface area contributed by atoms with Gasteiger partial charge in [-0.15, -0.1) is 70.8 Å². The van der Waals surface area contributed by atoms with Gasteiger partial charge in [0.1, 0.15) is 0 Å². The van der Waals surface area contributed by atoms with Crippen molar-refractivity contribution in [1.29, 1.82) is 0 Å². The average molecular weight is 583 g/mol. The number of hydrogen-bond donors (Lipinski definition) is 0. The van der Waals surface area contributed by atoms with Crippen molar-refractivity contribution >= 4 is 0 Å². The predicted octanol–water partition coefficient (Wildman–Crippen LogP) is 5.02. The molecule has 0 bridgehead atoms. The molecule has 0 radical (unpaired) electrons. The summed E-state index contributed by atoms with van der Waals surface area (Å²) >= 11 is 0. The number of nitrogens with zero attached hydrogens (tertiary/aromatic N) is 4. The van der Waals surface area contributed by atoms with Crippen molar-refractivity contribution in [1.82, 2.24) is 19.9 Å². The molecule has 2 aromatic heterocycles.